The molecule has 0 aliphatic carbocycles. The molecule has 1 aliphatic heterocycles. The number of imidazole rings is 1. The molecule has 2 atom stereocenters. The van der Waals surface area contributed by atoms with Gasteiger partial charge in [0.05, 0.1) is 23.7 Å². The van der Waals surface area contributed by atoms with Crippen molar-refractivity contribution in [2.45, 2.75) is 13.0 Å². The van der Waals surface area contributed by atoms with Crippen LogP contribution in [0, 0.1) is 5.92 Å². The van der Waals surface area contributed by atoms with E-state index in [2.05, 4.69) is 10.3 Å². The van der Waals surface area contributed by atoms with E-state index in [9.17, 15) is 9.59 Å². The standard InChI is InChI=1S/C19H17N3O3/c1-2-25-18(24)15-16(12-8-4-3-5-9-12)22-14-11-7-6-10-13(14)20-19(22)21-17(15)23/h3-11,15-16H,2H2,1H3,(H,20,21,23)/t15-,16+/m0/s1. The van der Waals surface area contributed by atoms with Crippen molar-refractivity contribution in [2.75, 3.05) is 11.9 Å². The van der Waals surface area contributed by atoms with E-state index in [1.165, 1.54) is 0 Å². The third kappa shape index (κ3) is 2.46. The third-order valence-electron chi connectivity index (χ3n) is 4.39. The van der Waals surface area contributed by atoms with E-state index in [1.54, 1.807) is 6.92 Å². The van der Waals surface area contributed by atoms with Crippen molar-refractivity contribution in [3.8, 4) is 0 Å². The van der Waals surface area contributed by atoms with Gasteiger partial charge in [-0.05, 0) is 24.6 Å². The molecule has 3 aromatic rings. The van der Waals surface area contributed by atoms with E-state index in [0.29, 0.717) is 5.95 Å². The molecule has 2 heterocycles. The van der Waals surface area contributed by atoms with Gasteiger partial charge < -0.3 is 9.30 Å². The number of esters is 1. The Hall–Kier alpha value is -3.15. The second-order valence-corrected chi connectivity index (χ2v) is 5.87. The Morgan fingerprint density at radius 2 is 1.88 bits per heavy atom. The zero-order valence-electron chi connectivity index (χ0n) is 13.7. The quantitative estimate of drug-likeness (QED) is 0.590. The van der Waals surface area contributed by atoms with Crippen LogP contribution in [0.3, 0.4) is 0 Å². The lowest BCUT2D eigenvalue weighted by Crippen LogP contribution is -2.43. The largest absolute Gasteiger partial charge is 0.465 e. The Kier molecular flexibility index (Phi) is 3.72. The van der Waals surface area contributed by atoms with Crippen LogP contribution in [-0.4, -0.2) is 28.0 Å². The fourth-order valence-corrected chi connectivity index (χ4v) is 3.35. The molecule has 1 amide bonds. The van der Waals surface area contributed by atoms with E-state index in [0.717, 1.165) is 16.6 Å². The highest BCUT2D eigenvalue weighted by Gasteiger charge is 2.43. The van der Waals surface area contributed by atoms with Gasteiger partial charge >= 0.3 is 5.97 Å². The molecule has 25 heavy (non-hydrogen) atoms. The number of benzene rings is 2. The van der Waals surface area contributed by atoms with Crippen molar-refractivity contribution >= 4 is 28.9 Å². The van der Waals surface area contributed by atoms with Crippen LogP contribution in [0.25, 0.3) is 11.0 Å². The van der Waals surface area contributed by atoms with Gasteiger partial charge in [0.15, 0.2) is 5.92 Å². The Labute approximate surface area is 144 Å². The van der Waals surface area contributed by atoms with Crippen molar-refractivity contribution < 1.29 is 14.3 Å². The Morgan fingerprint density at radius 3 is 2.64 bits per heavy atom. The summed E-state index contributed by atoms with van der Waals surface area (Å²) >= 11 is 0. The monoisotopic (exact) mass is 335 g/mol. The molecule has 4 rings (SSSR count). The summed E-state index contributed by atoms with van der Waals surface area (Å²) in [5.41, 5.74) is 2.49. The number of ether oxygens (including phenoxy) is 1. The third-order valence-corrected chi connectivity index (χ3v) is 4.39. The highest BCUT2D eigenvalue weighted by Crippen LogP contribution is 2.38. The topological polar surface area (TPSA) is 73.2 Å². The molecule has 6 heteroatoms. The number of nitrogens with one attached hydrogen (secondary N) is 1. The summed E-state index contributed by atoms with van der Waals surface area (Å²) < 4.78 is 7.08. The van der Waals surface area contributed by atoms with Gasteiger partial charge in [-0.25, -0.2) is 4.98 Å². The number of amides is 1. The fourth-order valence-electron chi connectivity index (χ4n) is 3.35. The van der Waals surface area contributed by atoms with Gasteiger partial charge in [-0.1, -0.05) is 42.5 Å². The molecule has 0 radical (unpaired) electrons. The number of carbonyl (C=O) groups is 2. The molecule has 0 saturated carbocycles. The Balaban J connectivity index is 1.96. The first-order chi connectivity index (χ1) is 12.2. The molecule has 0 spiro atoms. The van der Waals surface area contributed by atoms with Gasteiger partial charge in [0.1, 0.15) is 0 Å². The molecular formula is C19H17N3O3. The fraction of sp³-hybridized carbons (Fsp3) is 0.211. The van der Waals surface area contributed by atoms with Crippen LogP contribution >= 0.6 is 0 Å². The number of hydrogen-bond donors (Lipinski definition) is 1. The average Bonchev–Trinajstić information content (AvgIpc) is 2.99. The van der Waals surface area contributed by atoms with Crippen LogP contribution < -0.4 is 5.32 Å². The molecule has 1 N–H and O–H groups in total. The lowest BCUT2D eigenvalue weighted by Gasteiger charge is -2.32. The van der Waals surface area contributed by atoms with E-state index in [-0.39, 0.29) is 6.61 Å². The number of aromatic nitrogens is 2. The van der Waals surface area contributed by atoms with E-state index in [4.69, 9.17) is 4.74 Å². The SMILES string of the molecule is CCOC(=O)[C@@H]1C(=O)Nc2nc3ccccc3n2[C@@H]1c1ccccc1. The number of hydrogen-bond acceptors (Lipinski definition) is 4. The molecule has 0 saturated heterocycles. The van der Waals surface area contributed by atoms with Gasteiger partial charge in [-0.3, -0.25) is 14.9 Å². The first-order valence-electron chi connectivity index (χ1n) is 8.20. The van der Waals surface area contributed by atoms with Gasteiger partial charge in [-0.2, -0.15) is 0 Å². The van der Waals surface area contributed by atoms with Crippen molar-refractivity contribution in [3.63, 3.8) is 0 Å². The van der Waals surface area contributed by atoms with Crippen LogP contribution in [-0.2, 0) is 14.3 Å². The first kappa shape index (κ1) is 15.4. The van der Waals surface area contributed by atoms with Gasteiger partial charge in [0, 0.05) is 0 Å². The average molecular weight is 335 g/mol. The number of para-hydroxylation sites is 2. The maximum atomic E-state index is 12.7. The maximum Gasteiger partial charge on any atom is 0.321 e. The number of rotatable bonds is 3. The molecule has 0 bridgehead atoms. The smallest absolute Gasteiger partial charge is 0.321 e. The van der Waals surface area contributed by atoms with Crippen molar-refractivity contribution in [1.29, 1.82) is 0 Å². The summed E-state index contributed by atoms with van der Waals surface area (Å²) in [6, 6.07) is 16.6. The number of nitrogens with zero attached hydrogens (tertiary/aromatic N) is 2. The lowest BCUT2D eigenvalue weighted by atomic mass is 9.90. The molecule has 1 aliphatic rings. The van der Waals surface area contributed by atoms with E-state index >= 15 is 0 Å². The minimum absolute atomic E-state index is 0.224. The summed E-state index contributed by atoms with van der Waals surface area (Å²) in [5.74, 6) is -1.44. The summed E-state index contributed by atoms with van der Waals surface area (Å²) in [7, 11) is 0. The molecule has 6 nitrogen and oxygen atoms in total. The highest BCUT2D eigenvalue weighted by molar-refractivity contribution is 6.07. The van der Waals surface area contributed by atoms with Crippen molar-refractivity contribution in [2.24, 2.45) is 5.92 Å². The summed E-state index contributed by atoms with van der Waals surface area (Å²) in [6.07, 6.45) is 0. The minimum Gasteiger partial charge on any atom is -0.465 e. The van der Waals surface area contributed by atoms with Crippen LogP contribution in [0.5, 0.6) is 0 Å². The Bertz CT molecular complexity index is 949. The highest BCUT2D eigenvalue weighted by atomic mass is 16.5. The number of anilines is 1. The zero-order chi connectivity index (χ0) is 17.4. The molecule has 1 aromatic heterocycles. The van der Waals surface area contributed by atoms with Gasteiger partial charge in [0.2, 0.25) is 11.9 Å². The van der Waals surface area contributed by atoms with Crippen LogP contribution in [0.1, 0.15) is 18.5 Å². The van der Waals surface area contributed by atoms with E-state index in [1.807, 2.05) is 59.2 Å². The molecule has 0 unspecified atom stereocenters. The van der Waals surface area contributed by atoms with Crippen molar-refractivity contribution in [1.82, 2.24) is 9.55 Å². The molecule has 0 fully saturated rings. The van der Waals surface area contributed by atoms with Crippen molar-refractivity contribution in [3.05, 3.63) is 60.2 Å². The second kappa shape index (κ2) is 6.05. The number of fused-ring (bicyclic) bond motifs is 3. The predicted octanol–water partition coefficient (Wildman–Crippen LogP) is 2.76. The maximum absolute atomic E-state index is 12.7. The normalized spacial score (nSPS) is 19.3. The molecule has 126 valence electrons. The van der Waals surface area contributed by atoms with Crippen LogP contribution in [0.2, 0.25) is 0 Å². The molecule has 2 aromatic carbocycles. The predicted molar refractivity (Wildman–Crippen MR) is 93.1 cm³/mol. The van der Waals surface area contributed by atoms with Gasteiger partial charge in [-0.15, -0.1) is 0 Å². The summed E-state index contributed by atoms with van der Waals surface area (Å²) in [5, 5.41) is 2.75. The Morgan fingerprint density at radius 1 is 1.16 bits per heavy atom. The van der Waals surface area contributed by atoms with Crippen LogP contribution in [0.4, 0.5) is 5.95 Å². The summed E-state index contributed by atoms with van der Waals surface area (Å²) in [4.78, 5) is 29.7. The lowest BCUT2D eigenvalue weighted by molar-refractivity contribution is -0.152. The number of carbonyl (C=O) groups excluding carboxylic acids is 2. The first-order valence-corrected chi connectivity index (χ1v) is 8.20. The van der Waals surface area contributed by atoms with E-state index < -0.39 is 23.8 Å². The second-order valence-electron chi connectivity index (χ2n) is 5.87. The minimum atomic E-state index is -0.965. The summed E-state index contributed by atoms with van der Waals surface area (Å²) in [6.45, 7) is 1.95. The van der Waals surface area contributed by atoms with Gasteiger partial charge in [0.25, 0.3) is 0 Å². The zero-order valence-corrected chi connectivity index (χ0v) is 13.7. The molecular weight excluding hydrogens is 318 g/mol. The van der Waals surface area contributed by atoms with Crippen LogP contribution in [0.15, 0.2) is 54.6 Å².